The van der Waals surface area contributed by atoms with Crippen LogP contribution >= 0.6 is 0 Å². The highest BCUT2D eigenvalue weighted by Crippen LogP contribution is 2.70. The summed E-state index contributed by atoms with van der Waals surface area (Å²) in [6.45, 7) is 12.3. The number of hydrogen-bond acceptors (Lipinski definition) is 6. The van der Waals surface area contributed by atoms with Crippen molar-refractivity contribution in [2.24, 2.45) is 23.2 Å². The summed E-state index contributed by atoms with van der Waals surface area (Å²) in [6.07, 6.45) is 3.07. The Morgan fingerprint density at radius 3 is 2.68 bits per heavy atom. The van der Waals surface area contributed by atoms with Gasteiger partial charge in [-0.05, 0) is 73.6 Å². The number of aromatic amines is 1. The van der Waals surface area contributed by atoms with Crippen LogP contribution in [0.3, 0.4) is 0 Å². The summed E-state index contributed by atoms with van der Waals surface area (Å²) >= 11 is 0. The van der Waals surface area contributed by atoms with Gasteiger partial charge in [0.1, 0.15) is 11.7 Å². The molecule has 2 bridgehead atoms. The van der Waals surface area contributed by atoms with Crippen LogP contribution in [0.5, 0.6) is 0 Å². The van der Waals surface area contributed by atoms with Gasteiger partial charge in [-0.15, -0.1) is 0 Å². The van der Waals surface area contributed by atoms with Crippen LogP contribution in [0, 0.1) is 23.2 Å². The summed E-state index contributed by atoms with van der Waals surface area (Å²) in [6, 6.07) is 8.07. The molecule has 1 aromatic carbocycles. The first-order chi connectivity index (χ1) is 19.3. The molecule has 0 radical (unpaired) electrons. The molecule has 8 heteroatoms. The van der Waals surface area contributed by atoms with Gasteiger partial charge < -0.3 is 29.6 Å². The number of nitrogens with one attached hydrogen (secondary N) is 2. The predicted molar refractivity (Wildman–Crippen MR) is 153 cm³/mol. The topological polar surface area (TPSA) is 110 Å². The lowest BCUT2D eigenvalue weighted by molar-refractivity contribution is -0.218. The second kappa shape index (κ2) is 8.68. The number of ketones is 1. The number of ether oxygens (including phenoxy) is 3. The highest BCUT2D eigenvalue weighted by atomic mass is 16.8. The molecule has 5 unspecified atom stereocenters. The van der Waals surface area contributed by atoms with Crippen LogP contribution in [0.25, 0.3) is 10.9 Å². The second-order valence-corrected chi connectivity index (χ2v) is 14.3. The summed E-state index contributed by atoms with van der Waals surface area (Å²) in [5.74, 6) is -1.07. The number of aliphatic hydroxyl groups excluding tert-OH is 1. The van der Waals surface area contributed by atoms with E-state index >= 15 is 0 Å². The van der Waals surface area contributed by atoms with Crippen molar-refractivity contribution in [2.75, 3.05) is 6.61 Å². The van der Waals surface area contributed by atoms with Gasteiger partial charge in [0.2, 0.25) is 0 Å². The normalized spacial score (nSPS) is 39.0. The molecule has 2 aromatic rings. The highest BCUT2D eigenvalue weighted by molar-refractivity contribution is 5.97. The van der Waals surface area contributed by atoms with E-state index in [-0.39, 0.29) is 41.0 Å². The first-order valence-corrected chi connectivity index (χ1v) is 15.2. The Kier molecular flexibility index (Phi) is 5.75. The molecule has 2 saturated carbocycles. The summed E-state index contributed by atoms with van der Waals surface area (Å²) in [7, 11) is 0. The lowest BCUT2D eigenvalue weighted by Crippen LogP contribution is -2.65. The Hall–Kier alpha value is -2.68. The van der Waals surface area contributed by atoms with Gasteiger partial charge in [-0.3, -0.25) is 4.79 Å². The second-order valence-electron chi connectivity index (χ2n) is 14.3. The molecule has 1 aromatic heterocycles. The summed E-state index contributed by atoms with van der Waals surface area (Å²) in [4.78, 5) is 30.6. The van der Waals surface area contributed by atoms with Crippen molar-refractivity contribution in [1.82, 2.24) is 10.3 Å². The Morgan fingerprint density at radius 2 is 1.95 bits per heavy atom. The number of rotatable bonds is 4. The van der Waals surface area contributed by atoms with Crippen molar-refractivity contribution in [3.05, 3.63) is 47.2 Å². The molecule has 2 aliphatic heterocycles. The first kappa shape index (κ1) is 27.2. The van der Waals surface area contributed by atoms with Crippen molar-refractivity contribution in [2.45, 2.75) is 102 Å². The smallest absolute Gasteiger partial charge is 0.407 e. The zero-order valence-electron chi connectivity index (χ0n) is 24.9. The number of carbonyl (C=O) groups excluding carboxylic acids is 2. The molecule has 3 aliphatic carbocycles. The van der Waals surface area contributed by atoms with Gasteiger partial charge in [-0.1, -0.05) is 45.9 Å². The molecule has 1 saturated heterocycles. The zero-order valence-corrected chi connectivity index (χ0v) is 24.9. The van der Waals surface area contributed by atoms with Crippen LogP contribution in [0.15, 0.2) is 35.9 Å². The van der Waals surface area contributed by atoms with Crippen LogP contribution in [0.2, 0.25) is 0 Å². The fourth-order valence-corrected chi connectivity index (χ4v) is 9.26. The van der Waals surface area contributed by atoms with Crippen molar-refractivity contribution >= 4 is 22.8 Å². The van der Waals surface area contributed by atoms with Crippen molar-refractivity contribution < 1.29 is 28.9 Å². The van der Waals surface area contributed by atoms with E-state index in [0.29, 0.717) is 12.8 Å². The van der Waals surface area contributed by atoms with Gasteiger partial charge in [0.15, 0.2) is 17.7 Å². The summed E-state index contributed by atoms with van der Waals surface area (Å²) < 4.78 is 19.5. The molecular formula is C33H42N2O6. The van der Waals surface area contributed by atoms with Crippen LogP contribution in [0.4, 0.5) is 4.79 Å². The SMILES string of the molecule is CC(C)C(CO)NC(=O)O[C@H]1C[C@H]2Cc3c([nH]c4ccccc34)[C@]2(C)C2(C)CCC34OC(C(=O)C=C3C12)C(C)(C)O4. The molecule has 1 spiro atoms. The van der Waals surface area contributed by atoms with Gasteiger partial charge in [0.25, 0.3) is 0 Å². The maximum atomic E-state index is 13.5. The van der Waals surface area contributed by atoms with E-state index in [1.807, 2.05) is 27.7 Å². The van der Waals surface area contributed by atoms with Crippen LogP contribution < -0.4 is 5.32 Å². The minimum atomic E-state index is -0.999. The number of hydrogen-bond donors (Lipinski definition) is 3. The lowest BCUT2D eigenvalue weighted by Gasteiger charge is -2.63. The van der Waals surface area contributed by atoms with Gasteiger partial charge in [0, 0.05) is 34.4 Å². The predicted octanol–water partition coefficient (Wildman–Crippen LogP) is 4.93. The van der Waals surface area contributed by atoms with E-state index in [4.69, 9.17) is 14.2 Å². The average molecular weight is 563 g/mol. The monoisotopic (exact) mass is 562 g/mol. The van der Waals surface area contributed by atoms with E-state index in [1.165, 1.54) is 16.6 Å². The number of alkyl carbamates (subject to hydrolysis) is 1. The number of amides is 1. The molecule has 7 rings (SSSR count). The Labute approximate surface area is 241 Å². The highest BCUT2D eigenvalue weighted by Gasteiger charge is 2.72. The molecule has 3 heterocycles. The van der Waals surface area contributed by atoms with Crippen LogP contribution in [-0.4, -0.2) is 58.2 Å². The molecule has 41 heavy (non-hydrogen) atoms. The van der Waals surface area contributed by atoms with Crippen molar-refractivity contribution in [1.29, 1.82) is 0 Å². The number of para-hydroxylation sites is 1. The summed E-state index contributed by atoms with van der Waals surface area (Å²) in [5.41, 5.74) is 3.22. The molecular weight excluding hydrogens is 520 g/mol. The number of benzene rings is 1. The average Bonchev–Trinajstić information content (AvgIpc) is 3.50. The zero-order chi connectivity index (χ0) is 29.1. The number of H-pyrrole nitrogens is 1. The lowest BCUT2D eigenvalue weighted by atomic mass is 9.43. The quantitative estimate of drug-likeness (QED) is 0.488. The minimum Gasteiger partial charge on any atom is -0.446 e. The maximum absolute atomic E-state index is 13.5. The van der Waals surface area contributed by atoms with E-state index in [9.17, 15) is 14.7 Å². The van der Waals surface area contributed by atoms with Gasteiger partial charge >= 0.3 is 6.09 Å². The third-order valence-corrected chi connectivity index (χ3v) is 11.6. The third-order valence-electron chi connectivity index (χ3n) is 11.6. The van der Waals surface area contributed by atoms with E-state index in [1.54, 1.807) is 6.08 Å². The van der Waals surface area contributed by atoms with Crippen LogP contribution in [-0.2, 0) is 30.8 Å². The number of aliphatic hydroxyl groups is 1. The molecule has 8 atom stereocenters. The standard InChI is InChI=1S/C33H42N2O6/c1-17(2)23(16-36)35-29(38)39-25-14-18-13-20-19-9-7-8-10-22(19)34-27(20)32(18,6)31(5)11-12-33-21(26(25)31)15-24(37)28(40-33)30(3,4)41-33/h7-10,15,17-18,23,25-26,28,34,36H,11-14,16H2,1-6H3,(H,35,38)/t18-,23?,25+,26?,28?,31?,32-,33?/m1/s1. The number of carbonyl (C=O) groups is 2. The molecule has 220 valence electrons. The molecule has 3 fully saturated rings. The van der Waals surface area contributed by atoms with E-state index < -0.39 is 35.7 Å². The fourth-order valence-electron chi connectivity index (χ4n) is 9.26. The molecule has 1 amide bonds. The van der Waals surface area contributed by atoms with Gasteiger partial charge in [-0.25, -0.2) is 4.79 Å². The van der Waals surface area contributed by atoms with Crippen molar-refractivity contribution in [3.8, 4) is 0 Å². The Balaban J connectivity index is 1.35. The number of fused-ring (bicyclic) bond motifs is 9. The van der Waals surface area contributed by atoms with Gasteiger partial charge in [-0.2, -0.15) is 0 Å². The minimum absolute atomic E-state index is 0.0525. The van der Waals surface area contributed by atoms with Crippen molar-refractivity contribution in [3.63, 3.8) is 0 Å². The fraction of sp³-hybridized carbons (Fsp3) is 0.636. The summed E-state index contributed by atoms with van der Waals surface area (Å²) in [5, 5.41) is 14.0. The van der Waals surface area contributed by atoms with E-state index in [2.05, 4.69) is 48.4 Å². The molecule has 8 nitrogen and oxygen atoms in total. The molecule has 5 aliphatic rings. The number of aromatic nitrogens is 1. The first-order valence-electron chi connectivity index (χ1n) is 15.2. The Morgan fingerprint density at radius 1 is 1.20 bits per heavy atom. The largest absolute Gasteiger partial charge is 0.446 e. The van der Waals surface area contributed by atoms with E-state index in [0.717, 1.165) is 23.9 Å². The third kappa shape index (κ3) is 3.50. The maximum Gasteiger partial charge on any atom is 0.407 e. The molecule has 3 N–H and O–H groups in total. The Bertz CT molecular complexity index is 1480. The van der Waals surface area contributed by atoms with Crippen LogP contribution in [0.1, 0.15) is 72.1 Å². The van der Waals surface area contributed by atoms with Gasteiger partial charge in [0.05, 0.1) is 12.6 Å².